The second-order valence-electron chi connectivity index (χ2n) is 9.29. The Labute approximate surface area is 187 Å². The number of hydrogen-bond donors (Lipinski definition) is 1. The normalized spacial score (nSPS) is 15.9. The van der Waals surface area contributed by atoms with Gasteiger partial charge >= 0.3 is 0 Å². The van der Waals surface area contributed by atoms with Gasteiger partial charge in [-0.3, -0.25) is 14.7 Å². The molecule has 1 N–H and O–H groups in total. The number of aromatic nitrogens is 1. The van der Waals surface area contributed by atoms with Crippen molar-refractivity contribution in [3.8, 4) is 5.75 Å². The van der Waals surface area contributed by atoms with Crippen LogP contribution < -0.4 is 10.1 Å². The minimum absolute atomic E-state index is 0.145. The van der Waals surface area contributed by atoms with Crippen molar-refractivity contribution in [2.45, 2.75) is 90.8 Å². The summed E-state index contributed by atoms with van der Waals surface area (Å²) in [6, 6.07) is 8.55. The molecule has 1 amide bonds. The summed E-state index contributed by atoms with van der Waals surface area (Å²) in [4.78, 5) is 19.2. The summed E-state index contributed by atoms with van der Waals surface area (Å²) in [6.45, 7) is 10.4. The monoisotopic (exact) mass is 425 g/mol. The minimum atomic E-state index is -0.329. The van der Waals surface area contributed by atoms with Crippen LogP contribution in [0.2, 0.25) is 0 Å². The van der Waals surface area contributed by atoms with Gasteiger partial charge in [-0.2, -0.15) is 0 Å². The number of piperidine rings is 1. The Morgan fingerprint density at radius 1 is 1.19 bits per heavy atom. The third kappa shape index (κ3) is 6.42. The SMILES string of the molecule is CCCCC(=O)NC(C)(C)N1CCC(Oc2cc(CCCC)cc3cccnc23)CC1. The number of aryl methyl sites for hydroxylation is 1. The van der Waals surface area contributed by atoms with E-state index in [4.69, 9.17) is 4.74 Å². The molecular formula is C26H39N3O2. The van der Waals surface area contributed by atoms with Crippen LogP contribution in [0.1, 0.15) is 78.2 Å². The molecule has 5 nitrogen and oxygen atoms in total. The zero-order chi connectivity index (χ0) is 22.3. The van der Waals surface area contributed by atoms with Gasteiger partial charge in [0.15, 0.2) is 0 Å². The van der Waals surface area contributed by atoms with E-state index >= 15 is 0 Å². The number of nitrogens with one attached hydrogen (secondary N) is 1. The first kappa shape index (κ1) is 23.5. The first-order valence-electron chi connectivity index (χ1n) is 12.0. The highest BCUT2D eigenvalue weighted by Gasteiger charge is 2.32. The number of carbonyl (C=O) groups is 1. The molecule has 170 valence electrons. The summed E-state index contributed by atoms with van der Waals surface area (Å²) in [5, 5.41) is 4.36. The Morgan fingerprint density at radius 2 is 1.94 bits per heavy atom. The van der Waals surface area contributed by atoms with Crippen LogP contribution in [0.3, 0.4) is 0 Å². The average Bonchev–Trinajstić information content (AvgIpc) is 2.76. The molecule has 1 aromatic heterocycles. The Balaban J connectivity index is 1.63. The summed E-state index contributed by atoms with van der Waals surface area (Å²) in [5.74, 6) is 1.06. The second kappa shape index (κ2) is 10.9. The maximum absolute atomic E-state index is 12.2. The van der Waals surface area contributed by atoms with Crippen molar-refractivity contribution in [1.82, 2.24) is 15.2 Å². The minimum Gasteiger partial charge on any atom is -0.488 e. The highest BCUT2D eigenvalue weighted by atomic mass is 16.5. The van der Waals surface area contributed by atoms with Gasteiger partial charge in [-0.1, -0.05) is 32.8 Å². The van der Waals surface area contributed by atoms with Crippen LogP contribution in [0.15, 0.2) is 30.5 Å². The van der Waals surface area contributed by atoms with E-state index in [0.717, 1.165) is 61.8 Å². The second-order valence-corrected chi connectivity index (χ2v) is 9.29. The lowest BCUT2D eigenvalue weighted by molar-refractivity contribution is -0.125. The predicted molar refractivity (Wildman–Crippen MR) is 127 cm³/mol. The van der Waals surface area contributed by atoms with Gasteiger partial charge in [0.25, 0.3) is 0 Å². The quantitative estimate of drug-likeness (QED) is 0.549. The zero-order valence-corrected chi connectivity index (χ0v) is 19.7. The highest BCUT2D eigenvalue weighted by molar-refractivity contribution is 5.85. The number of unbranched alkanes of at least 4 members (excludes halogenated alkanes) is 2. The highest BCUT2D eigenvalue weighted by Crippen LogP contribution is 2.30. The molecular weight excluding hydrogens is 386 g/mol. The Morgan fingerprint density at radius 3 is 2.65 bits per heavy atom. The molecule has 1 saturated heterocycles. The van der Waals surface area contributed by atoms with E-state index in [0.29, 0.717) is 6.42 Å². The van der Waals surface area contributed by atoms with Crippen LogP contribution in [0.25, 0.3) is 10.9 Å². The number of ether oxygens (including phenoxy) is 1. The van der Waals surface area contributed by atoms with Gasteiger partial charge in [0.1, 0.15) is 17.4 Å². The maximum atomic E-state index is 12.2. The molecule has 0 unspecified atom stereocenters. The fraction of sp³-hybridized carbons (Fsp3) is 0.615. The molecule has 31 heavy (non-hydrogen) atoms. The van der Waals surface area contributed by atoms with E-state index < -0.39 is 0 Å². The third-order valence-electron chi connectivity index (χ3n) is 6.28. The fourth-order valence-corrected chi connectivity index (χ4v) is 4.37. The molecule has 2 heterocycles. The van der Waals surface area contributed by atoms with Crippen molar-refractivity contribution in [1.29, 1.82) is 0 Å². The van der Waals surface area contributed by atoms with Gasteiger partial charge in [0.2, 0.25) is 5.91 Å². The van der Waals surface area contributed by atoms with Crippen LogP contribution in [-0.2, 0) is 11.2 Å². The van der Waals surface area contributed by atoms with E-state index in [2.05, 4.69) is 61.1 Å². The van der Waals surface area contributed by atoms with Crippen LogP contribution in [0.5, 0.6) is 5.75 Å². The Hall–Kier alpha value is -2.14. The van der Waals surface area contributed by atoms with Gasteiger partial charge in [-0.25, -0.2) is 0 Å². The van der Waals surface area contributed by atoms with Crippen molar-refractivity contribution in [3.05, 3.63) is 36.0 Å². The number of carbonyl (C=O) groups excluding carboxylic acids is 1. The molecule has 0 bridgehead atoms. The standard InChI is InChI=1S/C26H39N3O2/c1-5-7-10-20-18-21-11-9-15-27-25(21)23(19-20)31-22-13-16-29(17-14-22)26(3,4)28-24(30)12-8-6-2/h9,11,15,18-19,22H,5-8,10,12-14,16-17H2,1-4H3,(H,28,30). The number of hydrogen-bond acceptors (Lipinski definition) is 4. The van der Waals surface area contributed by atoms with E-state index in [9.17, 15) is 4.79 Å². The number of rotatable bonds is 10. The summed E-state index contributed by atoms with van der Waals surface area (Å²) in [7, 11) is 0. The maximum Gasteiger partial charge on any atom is 0.221 e. The van der Waals surface area contributed by atoms with Crippen LogP contribution in [0.4, 0.5) is 0 Å². The number of nitrogens with zero attached hydrogens (tertiary/aromatic N) is 2. The van der Waals surface area contributed by atoms with Gasteiger partial charge in [-0.05, 0) is 69.7 Å². The van der Waals surface area contributed by atoms with E-state index in [1.165, 1.54) is 18.4 Å². The largest absolute Gasteiger partial charge is 0.488 e. The van der Waals surface area contributed by atoms with Crippen molar-refractivity contribution >= 4 is 16.8 Å². The lowest BCUT2D eigenvalue weighted by Crippen LogP contribution is -2.59. The lowest BCUT2D eigenvalue weighted by atomic mass is 10.0. The number of pyridine rings is 1. The Kier molecular flexibility index (Phi) is 8.30. The van der Waals surface area contributed by atoms with Gasteiger partial charge in [0.05, 0.1) is 5.66 Å². The smallest absolute Gasteiger partial charge is 0.221 e. The van der Waals surface area contributed by atoms with Crippen molar-refractivity contribution < 1.29 is 9.53 Å². The first-order valence-corrected chi connectivity index (χ1v) is 12.0. The molecule has 0 radical (unpaired) electrons. The van der Waals surface area contributed by atoms with Crippen molar-refractivity contribution in [2.24, 2.45) is 0 Å². The Bertz CT molecular complexity index is 857. The average molecular weight is 426 g/mol. The number of benzene rings is 1. The zero-order valence-electron chi connectivity index (χ0n) is 19.7. The fourth-order valence-electron chi connectivity index (χ4n) is 4.37. The number of amides is 1. The predicted octanol–water partition coefficient (Wildman–Crippen LogP) is 5.46. The van der Waals surface area contributed by atoms with Crippen molar-refractivity contribution in [3.63, 3.8) is 0 Å². The summed E-state index contributed by atoms with van der Waals surface area (Å²) in [5.41, 5.74) is 1.95. The van der Waals surface area contributed by atoms with E-state index in [-0.39, 0.29) is 17.7 Å². The van der Waals surface area contributed by atoms with E-state index in [1.807, 2.05) is 12.3 Å². The van der Waals surface area contributed by atoms with Crippen molar-refractivity contribution in [2.75, 3.05) is 13.1 Å². The number of fused-ring (bicyclic) bond motifs is 1. The lowest BCUT2D eigenvalue weighted by Gasteiger charge is -2.43. The van der Waals surface area contributed by atoms with Gasteiger partial charge in [0, 0.05) is 31.1 Å². The van der Waals surface area contributed by atoms with E-state index in [1.54, 1.807) is 0 Å². The summed E-state index contributed by atoms with van der Waals surface area (Å²) < 4.78 is 6.51. The van der Waals surface area contributed by atoms with Gasteiger partial charge < -0.3 is 10.1 Å². The molecule has 3 rings (SSSR count). The molecule has 0 atom stereocenters. The topological polar surface area (TPSA) is 54.5 Å². The first-order chi connectivity index (χ1) is 14.9. The molecule has 0 spiro atoms. The summed E-state index contributed by atoms with van der Waals surface area (Å²) in [6.07, 6.45) is 9.94. The molecule has 0 aliphatic carbocycles. The molecule has 0 saturated carbocycles. The third-order valence-corrected chi connectivity index (χ3v) is 6.28. The summed E-state index contributed by atoms with van der Waals surface area (Å²) >= 11 is 0. The van der Waals surface area contributed by atoms with Gasteiger partial charge in [-0.15, -0.1) is 0 Å². The van der Waals surface area contributed by atoms with Crippen LogP contribution in [0, 0.1) is 0 Å². The molecule has 1 fully saturated rings. The number of likely N-dealkylation sites (tertiary alicyclic amines) is 1. The molecule has 1 aliphatic heterocycles. The molecule has 5 heteroatoms. The molecule has 1 aliphatic rings. The molecule has 1 aromatic carbocycles. The van der Waals surface area contributed by atoms with Crippen LogP contribution in [-0.4, -0.2) is 40.6 Å². The molecule has 2 aromatic rings. The van der Waals surface area contributed by atoms with Crippen LogP contribution >= 0.6 is 0 Å².